The van der Waals surface area contributed by atoms with Gasteiger partial charge in [0.2, 0.25) is 0 Å². The summed E-state index contributed by atoms with van der Waals surface area (Å²) in [6.45, 7) is 0. The number of hydrogen-bond donors (Lipinski definition) is 3. The van der Waals surface area contributed by atoms with E-state index in [2.05, 4.69) is 20.2 Å². The maximum atomic E-state index is 7.00. The number of nitrogens with one attached hydrogen (secondary N) is 1. The summed E-state index contributed by atoms with van der Waals surface area (Å²) in [6, 6.07) is 0. The summed E-state index contributed by atoms with van der Waals surface area (Å²) in [5.74, 6) is 0. The summed E-state index contributed by atoms with van der Waals surface area (Å²) in [4.78, 5) is 7.74. The van der Waals surface area contributed by atoms with Crippen molar-refractivity contribution in [3.8, 4) is 0 Å². The number of aromatic amines is 1. The lowest BCUT2D eigenvalue weighted by Crippen LogP contribution is -1.75. The van der Waals surface area contributed by atoms with Gasteiger partial charge in [-0.1, -0.05) is 0 Å². The molecule has 2 aromatic heterocycles. The topological polar surface area (TPSA) is 94.9 Å². The smallest absolute Gasteiger partial charge is 0.429 e. The quantitative estimate of drug-likeness (QED) is 0.428. The molecule has 0 aromatic carbocycles. The van der Waals surface area contributed by atoms with Gasteiger partial charge in [-0.05, 0) is 0 Å². The molecule has 61 valence electrons. The highest BCUT2D eigenvalue weighted by atomic mass is 16.4. The van der Waals surface area contributed by atoms with Crippen molar-refractivity contribution < 1.29 is 10.0 Å². The largest absolute Gasteiger partial charge is 0.482 e. The van der Waals surface area contributed by atoms with Gasteiger partial charge < -0.3 is 10.0 Å². The molecule has 3 N–H and O–H groups in total. The van der Waals surface area contributed by atoms with E-state index < -0.39 is 0 Å². The van der Waals surface area contributed by atoms with E-state index in [1.165, 1.54) is 6.33 Å². The van der Waals surface area contributed by atoms with Gasteiger partial charge in [0.1, 0.15) is 17.4 Å². The second-order valence-corrected chi connectivity index (χ2v) is 1.81. The van der Waals surface area contributed by atoms with E-state index >= 15 is 0 Å². The minimum absolute atomic E-state index is 0. The zero-order valence-electron chi connectivity index (χ0n) is 6.05. The first kappa shape index (κ1) is 8.63. The monoisotopic (exact) mass is 165 g/mol. The van der Waals surface area contributed by atoms with Crippen LogP contribution in [0, 0.1) is 0 Å². The Morgan fingerprint density at radius 1 is 1.33 bits per heavy atom. The Kier molecular flexibility index (Phi) is 3.18. The normalized spacial score (nSPS) is 8.83. The summed E-state index contributed by atoms with van der Waals surface area (Å²) in [5, 5.41) is 20.5. The number of H-pyrrole nitrogens is 1. The molecule has 0 fully saturated rings. The Labute approximate surface area is 68.6 Å². The molecule has 6 nitrogen and oxygen atoms in total. The van der Waals surface area contributed by atoms with Gasteiger partial charge in [-0.25, -0.2) is 9.97 Å². The van der Waals surface area contributed by atoms with E-state index in [-0.39, 0.29) is 7.69 Å². The number of hydrogen-bond acceptors (Lipinski definition) is 5. The Hall–Kier alpha value is -1.47. The first-order valence-electron chi connectivity index (χ1n) is 3.07. The SMILES string of the molecule is O[B]O.c1ncc2[nH]ncc2n1. The second kappa shape index (κ2) is 4.42. The fourth-order valence-corrected chi connectivity index (χ4v) is 0.691. The molecule has 0 saturated heterocycles. The van der Waals surface area contributed by atoms with Gasteiger partial charge in [0.15, 0.2) is 0 Å². The minimum atomic E-state index is 0. The van der Waals surface area contributed by atoms with Gasteiger partial charge in [-0.3, -0.25) is 5.10 Å². The van der Waals surface area contributed by atoms with Gasteiger partial charge in [-0.2, -0.15) is 5.10 Å². The zero-order valence-corrected chi connectivity index (χ0v) is 6.05. The molecule has 0 unspecified atom stereocenters. The van der Waals surface area contributed by atoms with Crippen LogP contribution in [-0.2, 0) is 0 Å². The van der Waals surface area contributed by atoms with Gasteiger partial charge in [0.05, 0.1) is 12.4 Å². The predicted molar refractivity (Wildman–Crippen MR) is 41.9 cm³/mol. The van der Waals surface area contributed by atoms with Crippen molar-refractivity contribution in [3.05, 3.63) is 18.7 Å². The first-order valence-corrected chi connectivity index (χ1v) is 3.07. The Balaban J connectivity index is 0.000000213. The Bertz CT molecular complexity index is 308. The van der Waals surface area contributed by atoms with E-state index in [4.69, 9.17) is 10.0 Å². The average Bonchev–Trinajstić information content (AvgIpc) is 2.52. The van der Waals surface area contributed by atoms with E-state index in [0.29, 0.717) is 0 Å². The maximum Gasteiger partial charge on any atom is 0.482 e. The van der Waals surface area contributed by atoms with Crippen LogP contribution in [0.5, 0.6) is 0 Å². The standard InChI is InChI=1S/C5H4N4.BH2O2/c1-5-4(2-8-9-5)7-3-6-1;2-1-3/h1-3H,(H,8,9);2-3H. The van der Waals surface area contributed by atoms with Crippen LogP contribution in [0.2, 0.25) is 0 Å². The molecule has 2 aromatic rings. The maximum absolute atomic E-state index is 7.00. The third-order valence-electron chi connectivity index (χ3n) is 1.11. The molecule has 7 heteroatoms. The van der Waals surface area contributed by atoms with Crippen molar-refractivity contribution in [1.29, 1.82) is 0 Å². The van der Waals surface area contributed by atoms with Gasteiger partial charge >= 0.3 is 7.69 Å². The fraction of sp³-hybridized carbons (Fsp3) is 0. The van der Waals surface area contributed by atoms with Crippen LogP contribution in [0.25, 0.3) is 11.0 Å². The van der Waals surface area contributed by atoms with Crippen LogP contribution in [0.4, 0.5) is 0 Å². The number of rotatable bonds is 0. The van der Waals surface area contributed by atoms with E-state index in [0.717, 1.165) is 11.0 Å². The number of aromatic nitrogens is 4. The third kappa shape index (κ3) is 2.01. The van der Waals surface area contributed by atoms with Crippen LogP contribution >= 0.6 is 0 Å². The fourth-order valence-electron chi connectivity index (χ4n) is 0.691. The Morgan fingerprint density at radius 3 is 2.75 bits per heavy atom. The molecule has 12 heavy (non-hydrogen) atoms. The third-order valence-corrected chi connectivity index (χ3v) is 1.11. The van der Waals surface area contributed by atoms with Crippen LogP contribution in [0.3, 0.4) is 0 Å². The van der Waals surface area contributed by atoms with Crippen LogP contribution in [0.1, 0.15) is 0 Å². The molecule has 0 aliphatic rings. The molecule has 2 heterocycles. The van der Waals surface area contributed by atoms with Crippen molar-refractivity contribution in [3.63, 3.8) is 0 Å². The molecular formula is C5H6BN4O2. The summed E-state index contributed by atoms with van der Waals surface area (Å²) in [6.07, 6.45) is 4.85. The lowest BCUT2D eigenvalue weighted by molar-refractivity contribution is 0.448. The number of nitrogens with zero attached hydrogens (tertiary/aromatic N) is 3. The van der Waals surface area contributed by atoms with Crippen molar-refractivity contribution in [2.24, 2.45) is 0 Å². The molecule has 0 atom stereocenters. The van der Waals surface area contributed by atoms with Crippen LogP contribution in [0.15, 0.2) is 18.7 Å². The van der Waals surface area contributed by atoms with E-state index in [9.17, 15) is 0 Å². The van der Waals surface area contributed by atoms with Crippen molar-refractivity contribution in [1.82, 2.24) is 20.2 Å². The molecule has 2 rings (SSSR count). The lowest BCUT2D eigenvalue weighted by atomic mass is 10.5. The van der Waals surface area contributed by atoms with Crippen LogP contribution in [-0.4, -0.2) is 37.9 Å². The van der Waals surface area contributed by atoms with Gasteiger partial charge in [0, 0.05) is 0 Å². The van der Waals surface area contributed by atoms with Crippen molar-refractivity contribution in [2.45, 2.75) is 0 Å². The highest BCUT2D eigenvalue weighted by Gasteiger charge is 1.90. The lowest BCUT2D eigenvalue weighted by Gasteiger charge is -1.80. The molecule has 0 bridgehead atoms. The second-order valence-electron chi connectivity index (χ2n) is 1.81. The highest BCUT2D eigenvalue weighted by molar-refractivity contribution is 6.13. The zero-order chi connectivity index (χ0) is 8.81. The summed E-state index contributed by atoms with van der Waals surface area (Å²) in [5.41, 5.74) is 1.72. The highest BCUT2D eigenvalue weighted by Crippen LogP contribution is 2.00. The molecule has 0 aliphatic heterocycles. The summed E-state index contributed by atoms with van der Waals surface area (Å²) >= 11 is 0. The molecule has 1 radical (unpaired) electrons. The van der Waals surface area contributed by atoms with Gasteiger partial charge in [-0.15, -0.1) is 0 Å². The first-order chi connectivity index (χ1) is 5.88. The van der Waals surface area contributed by atoms with Crippen LogP contribution < -0.4 is 0 Å². The molecular weight excluding hydrogens is 159 g/mol. The average molecular weight is 165 g/mol. The van der Waals surface area contributed by atoms with Crippen molar-refractivity contribution in [2.75, 3.05) is 0 Å². The van der Waals surface area contributed by atoms with E-state index in [1.807, 2.05) is 0 Å². The predicted octanol–water partition coefficient (Wildman–Crippen LogP) is -1.14. The summed E-state index contributed by atoms with van der Waals surface area (Å²) in [7, 11) is 0. The van der Waals surface area contributed by atoms with E-state index in [1.54, 1.807) is 12.4 Å². The molecule has 0 spiro atoms. The van der Waals surface area contributed by atoms with Crippen molar-refractivity contribution >= 4 is 18.7 Å². The van der Waals surface area contributed by atoms with Gasteiger partial charge in [0.25, 0.3) is 0 Å². The Morgan fingerprint density at radius 2 is 2.08 bits per heavy atom. The molecule has 0 amide bonds. The molecule has 0 aliphatic carbocycles. The number of fused-ring (bicyclic) bond motifs is 1. The minimum Gasteiger partial charge on any atom is -0.429 e. The summed E-state index contributed by atoms with van der Waals surface area (Å²) < 4.78 is 0. The molecule has 0 saturated carbocycles.